The van der Waals surface area contributed by atoms with Crippen molar-refractivity contribution in [3.8, 4) is 0 Å². The van der Waals surface area contributed by atoms with E-state index in [2.05, 4.69) is 10.3 Å². The maximum absolute atomic E-state index is 12.5. The van der Waals surface area contributed by atoms with Crippen LogP contribution in [0.15, 0.2) is 12.1 Å². The molecule has 6 heteroatoms. The zero-order chi connectivity index (χ0) is 13.2. The molecule has 1 heterocycles. The highest BCUT2D eigenvalue weighted by molar-refractivity contribution is 5.41. The Balaban J connectivity index is 3.05. The SMILES string of the molecule is CC(C)N[C@H](C)c1cc(N)cc(C(F)(F)F)n1. The van der Waals surface area contributed by atoms with E-state index in [0.717, 1.165) is 6.07 Å². The Morgan fingerprint density at radius 1 is 1.24 bits per heavy atom. The first-order valence-corrected chi connectivity index (χ1v) is 5.31. The third kappa shape index (κ3) is 3.89. The fourth-order valence-electron chi connectivity index (χ4n) is 1.53. The molecule has 0 saturated heterocycles. The van der Waals surface area contributed by atoms with Gasteiger partial charge in [0.1, 0.15) is 5.69 Å². The number of alkyl halides is 3. The molecule has 0 aliphatic heterocycles. The van der Waals surface area contributed by atoms with Gasteiger partial charge in [-0.25, -0.2) is 4.98 Å². The first kappa shape index (κ1) is 13.8. The van der Waals surface area contributed by atoms with Crippen molar-refractivity contribution in [3.63, 3.8) is 0 Å². The van der Waals surface area contributed by atoms with Crippen molar-refractivity contribution >= 4 is 5.69 Å². The predicted molar refractivity (Wildman–Crippen MR) is 60.3 cm³/mol. The average Bonchev–Trinajstić information content (AvgIpc) is 2.14. The molecule has 1 aromatic rings. The smallest absolute Gasteiger partial charge is 0.399 e. The zero-order valence-electron chi connectivity index (χ0n) is 9.97. The van der Waals surface area contributed by atoms with Crippen LogP contribution in [-0.2, 0) is 6.18 Å². The van der Waals surface area contributed by atoms with Gasteiger partial charge in [0.25, 0.3) is 0 Å². The van der Waals surface area contributed by atoms with E-state index in [-0.39, 0.29) is 17.8 Å². The third-order valence-corrected chi connectivity index (χ3v) is 2.18. The minimum Gasteiger partial charge on any atom is -0.399 e. The van der Waals surface area contributed by atoms with Crippen molar-refractivity contribution in [1.29, 1.82) is 0 Å². The first-order valence-electron chi connectivity index (χ1n) is 5.31. The van der Waals surface area contributed by atoms with Crippen molar-refractivity contribution < 1.29 is 13.2 Å². The number of nitrogen functional groups attached to an aromatic ring is 1. The molecule has 1 aromatic heterocycles. The van der Waals surface area contributed by atoms with Gasteiger partial charge in [0.05, 0.1) is 5.69 Å². The van der Waals surface area contributed by atoms with E-state index in [0.29, 0.717) is 5.69 Å². The van der Waals surface area contributed by atoms with Crippen LogP contribution in [0.2, 0.25) is 0 Å². The summed E-state index contributed by atoms with van der Waals surface area (Å²) < 4.78 is 37.6. The number of nitrogens with one attached hydrogen (secondary N) is 1. The van der Waals surface area contributed by atoms with E-state index in [1.54, 1.807) is 6.92 Å². The Morgan fingerprint density at radius 3 is 2.29 bits per heavy atom. The summed E-state index contributed by atoms with van der Waals surface area (Å²) in [6, 6.07) is 2.17. The summed E-state index contributed by atoms with van der Waals surface area (Å²) in [5.41, 5.74) is 4.87. The highest BCUT2D eigenvalue weighted by Crippen LogP contribution is 2.30. The van der Waals surface area contributed by atoms with Crippen LogP contribution in [0.4, 0.5) is 18.9 Å². The lowest BCUT2D eigenvalue weighted by Gasteiger charge is -2.18. The van der Waals surface area contributed by atoms with Gasteiger partial charge in [-0.15, -0.1) is 0 Å². The van der Waals surface area contributed by atoms with Gasteiger partial charge in [-0.2, -0.15) is 13.2 Å². The van der Waals surface area contributed by atoms with E-state index in [9.17, 15) is 13.2 Å². The number of nitrogens with two attached hydrogens (primary N) is 1. The monoisotopic (exact) mass is 247 g/mol. The Hall–Kier alpha value is -1.30. The van der Waals surface area contributed by atoms with Crippen LogP contribution in [0.5, 0.6) is 0 Å². The van der Waals surface area contributed by atoms with Gasteiger partial charge in [0.2, 0.25) is 0 Å². The lowest BCUT2D eigenvalue weighted by atomic mass is 10.1. The second-order valence-corrected chi connectivity index (χ2v) is 4.25. The topological polar surface area (TPSA) is 50.9 Å². The fraction of sp³-hybridized carbons (Fsp3) is 0.545. The van der Waals surface area contributed by atoms with Crippen LogP contribution in [0.1, 0.15) is 38.2 Å². The Bertz CT molecular complexity index is 388. The van der Waals surface area contributed by atoms with Gasteiger partial charge >= 0.3 is 6.18 Å². The minimum atomic E-state index is -4.47. The van der Waals surface area contributed by atoms with E-state index in [1.807, 2.05) is 13.8 Å². The molecule has 0 aliphatic carbocycles. The maximum Gasteiger partial charge on any atom is 0.433 e. The summed E-state index contributed by atoms with van der Waals surface area (Å²) in [4.78, 5) is 3.59. The zero-order valence-corrected chi connectivity index (χ0v) is 9.97. The molecule has 0 fully saturated rings. The van der Waals surface area contributed by atoms with Crippen molar-refractivity contribution in [3.05, 3.63) is 23.5 Å². The van der Waals surface area contributed by atoms with E-state index >= 15 is 0 Å². The number of rotatable bonds is 3. The third-order valence-electron chi connectivity index (χ3n) is 2.18. The van der Waals surface area contributed by atoms with E-state index < -0.39 is 11.9 Å². The van der Waals surface area contributed by atoms with Crippen molar-refractivity contribution in [2.45, 2.75) is 39.0 Å². The maximum atomic E-state index is 12.5. The van der Waals surface area contributed by atoms with Gasteiger partial charge < -0.3 is 11.1 Å². The summed E-state index contributed by atoms with van der Waals surface area (Å²) in [5, 5.41) is 3.08. The number of pyridine rings is 1. The Labute approximate surface area is 98.2 Å². The molecular formula is C11H16F3N3. The van der Waals surface area contributed by atoms with Crippen LogP contribution in [-0.4, -0.2) is 11.0 Å². The van der Waals surface area contributed by atoms with Gasteiger partial charge in [-0.05, 0) is 19.1 Å². The molecule has 96 valence electrons. The molecule has 0 aromatic carbocycles. The number of halogens is 3. The highest BCUT2D eigenvalue weighted by atomic mass is 19.4. The molecule has 0 amide bonds. The summed E-state index contributed by atoms with van der Waals surface area (Å²) in [7, 11) is 0. The van der Waals surface area contributed by atoms with Crippen LogP contribution >= 0.6 is 0 Å². The van der Waals surface area contributed by atoms with E-state index in [4.69, 9.17) is 5.73 Å². The second-order valence-electron chi connectivity index (χ2n) is 4.25. The highest BCUT2D eigenvalue weighted by Gasteiger charge is 2.33. The van der Waals surface area contributed by atoms with Crippen LogP contribution in [0, 0.1) is 0 Å². The van der Waals surface area contributed by atoms with Crippen LogP contribution < -0.4 is 11.1 Å². The quantitative estimate of drug-likeness (QED) is 0.863. The number of hydrogen-bond acceptors (Lipinski definition) is 3. The standard InChI is InChI=1S/C11H16F3N3/c1-6(2)16-7(3)9-4-8(15)5-10(17-9)11(12,13)14/h4-7,16H,1-3H3,(H2,15,17)/t7-/m1/s1. The molecule has 1 atom stereocenters. The van der Waals surface area contributed by atoms with Crippen LogP contribution in [0.25, 0.3) is 0 Å². The number of anilines is 1. The van der Waals surface area contributed by atoms with Gasteiger partial charge in [0.15, 0.2) is 0 Å². The average molecular weight is 247 g/mol. The first-order chi connectivity index (χ1) is 7.70. The fourth-order valence-corrected chi connectivity index (χ4v) is 1.53. The second kappa shape index (κ2) is 4.91. The molecule has 17 heavy (non-hydrogen) atoms. The molecule has 0 bridgehead atoms. The molecule has 0 aliphatic rings. The summed E-state index contributed by atoms with van der Waals surface area (Å²) in [5.74, 6) is 0. The van der Waals surface area contributed by atoms with Crippen molar-refractivity contribution in [1.82, 2.24) is 10.3 Å². The van der Waals surface area contributed by atoms with Crippen LogP contribution in [0.3, 0.4) is 0 Å². The van der Waals surface area contributed by atoms with Gasteiger partial charge in [0, 0.05) is 17.8 Å². The number of hydrogen-bond donors (Lipinski definition) is 2. The predicted octanol–water partition coefficient (Wildman–Crippen LogP) is 2.74. The molecule has 0 radical (unpaired) electrons. The lowest BCUT2D eigenvalue weighted by molar-refractivity contribution is -0.141. The molecule has 0 unspecified atom stereocenters. The minimum absolute atomic E-state index is 0.0692. The Morgan fingerprint density at radius 2 is 1.82 bits per heavy atom. The van der Waals surface area contributed by atoms with Gasteiger partial charge in [-0.1, -0.05) is 13.8 Å². The summed E-state index contributed by atoms with van der Waals surface area (Å²) in [6.07, 6.45) is -4.47. The van der Waals surface area contributed by atoms with Crippen molar-refractivity contribution in [2.24, 2.45) is 0 Å². The lowest BCUT2D eigenvalue weighted by Crippen LogP contribution is -2.27. The van der Waals surface area contributed by atoms with E-state index in [1.165, 1.54) is 6.07 Å². The molecule has 3 N–H and O–H groups in total. The van der Waals surface area contributed by atoms with Gasteiger partial charge in [-0.3, -0.25) is 0 Å². The number of nitrogens with zero attached hydrogens (tertiary/aromatic N) is 1. The Kier molecular flexibility index (Phi) is 3.98. The molecular weight excluding hydrogens is 231 g/mol. The summed E-state index contributed by atoms with van der Waals surface area (Å²) >= 11 is 0. The molecule has 0 spiro atoms. The number of aromatic nitrogens is 1. The molecule has 1 rings (SSSR count). The molecule has 3 nitrogen and oxygen atoms in total. The normalized spacial score (nSPS) is 14.1. The largest absolute Gasteiger partial charge is 0.433 e. The molecule has 0 saturated carbocycles. The van der Waals surface area contributed by atoms with Crippen molar-refractivity contribution in [2.75, 3.05) is 5.73 Å². The summed E-state index contributed by atoms with van der Waals surface area (Å²) in [6.45, 7) is 5.57.